The van der Waals surface area contributed by atoms with E-state index in [1.165, 1.54) is 0 Å². The van der Waals surface area contributed by atoms with Gasteiger partial charge in [0, 0.05) is 18.9 Å². The Balaban J connectivity index is 3.71. The number of carbonyl (C=O) groups excluding carboxylic acids is 1. The van der Waals surface area contributed by atoms with Crippen LogP contribution in [0.25, 0.3) is 0 Å². The molecule has 1 N–H and O–H groups in total. The van der Waals surface area contributed by atoms with Crippen molar-refractivity contribution in [2.24, 2.45) is 0 Å². The second kappa shape index (κ2) is 7.26. The quantitative estimate of drug-likeness (QED) is 0.239. The van der Waals surface area contributed by atoms with Crippen molar-refractivity contribution in [3.8, 4) is 0 Å². The molecule has 0 aromatic heterocycles. The van der Waals surface area contributed by atoms with E-state index in [2.05, 4.69) is 11.3 Å². The van der Waals surface area contributed by atoms with E-state index in [0.29, 0.717) is 0 Å². The first-order valence-corrected chi connectivity index (χ1v) is 4.96. The number of ether oxygens (including phenoxy) is 1. The van der Waals surface area contributed by atoms with Gasteiger partial charge in [-0.1, -0.05) is 6.58 Å². The Morgan fingerprint density at radius 2 is 2.00 bits per heavy atom. The molecule has 1 atom stereocenters. The number of unbranched alkanes of at least 4 members (excludes halogenated alkanes) is 1. The van der Waals surface area contributed by atoms with Gasteiger partial charge in [-0.3, -0.25) is 0 Å². The van der Waals surface area contributed by atoms with Gasteiger partial charge in [-0.15, -0.1) is 0 Å². The van der Waals surface area contributed by atoms with Crippen molar-refractivity contribution < 1.29 is 32.2 Å². The Hall–Kier alpha value is -1.11. The highest BCUT2D eigenvalue weighted by molar-refractivity contribution is 5.81. The minimum atomic E-state index is -4.01. The van der Waals surface area contributed by atoms with E-state index in [4.69, 9.17) is 5.11 Å². The lowest BCUT2D eigenvalue weighted by molar-refractivity contribution is -0.163. The predicted octanol–water partition coefficient (Wildman–Crippen LogP) is 2.49. The largest absolute Gasteiger partial charge is 0.433 e. The van der Waals surface area contributed by atoms with Crippen molar-refractivity contribution in [2.45, 2.75) is 44.3 Å². The molecule has 0 aliphatic carbocycles. The first-order chi connectivity index (χ1) is 7.79. The van der Waals surface area contributed by atoms with Crippen LogP contribution in [0.3, 0.4) is 0 Å². The van der Waals surface area contributed by atoms with E-state index in [1.54, 1.807) is 0 Å². The van der Waals surface area contributed by atoms with Crippen LogP contribution < -0.4 is 0 Å². The molecule has 1 unspecified atom stereocenters. The van der Waals surface area contributed by atoms with E-state index in [0.717, 1.165) is 6.08 Å². The number of hydrogen-bond acceptors (Lipinski definition) is 3. The molecule has 0 aliphatic heterocycles. The van der Waals surface area contributed by atoms with Crippen LogP contribution >= 0.6 is 0 Å². The fraction of sp³-hybridized carbons (Fsp3) is 0.700. The molecule has 0 rings (SSSR count). The van der Waals surface area contributed by atoms with Crippen molar-refractivity contribution in [1.82, 2.24) is 0 Å². The van der Waals surface area contributed by atoms with Gasteiger partial charge in [0.25, 0.3) is 0 Å². The predicted molar refractivity (Wildman–Crippen MR) is 51.7 cm³/mol. The van der Waals surface area contributed by atoms with Gasteiger partial charge >= 0.3 is 18.3 Å². The summed E-state index contributed by atoms with van der Waals surface area (Å²) in [6.45, 7) is 3.09. The minimum absolute atomic E-state index is 0.0495. The summed E-state index contributed by atoms with van der Waals surface area (Å²) < 4.78 is 52.7. The van der Waals surface area contributed by atoms with Gasteiger partial charge in [-0.2, -0.15) is 0 Å². The van der Waals surface area contributed by atoms with Crippen LogP contribution in [-0.2, 0) is 9.53 Å². The molecule has 0 aromatic rings. The highest BCUT2D eigenvalue weighted by atomic mass is 19.3. The lowest BCUT2D eigenvalue weighted by Gasteiger charge is -2.15. The van der Waals surface area contributed by atoms with Crippen molar-refractivity contribution in [3.63, 3.8) is 0 Å². The van der Waals surface area contributed by atoms with Crippen LogP contribution in [0.2, 0.25) is 0 Å². The van der Waals surface area contributed by atoms with Gasteiger partial charge in [0.2, 0.25) is 6.29 Å². The number of aliphatic hydroxyl groups excluding tert-OH is 1. The number of hydrogen-bond donors (Lipinski definition) is 1. The first-order valence-electron chi connectivity index (χ1n) is 4.96. The van der Waals surface area contributed by atoms with Gasteiger partial charge in [-0.25, -0.2) is 22.4 Å². The summed E-state index contributed by atoms with van der Waals surface area (Å²) in [6.07, 6.45) is -5.47. The molecule has 0 radical (unpaired) electrons. The molecule has 0 aliphatic rings. The Morgan fingerprint density at radius 1 is 1.41 bits per heavy atom. The summed E-state index contributed by atoms with van der Waals surface area (Å²) in [6, 6.07) is 0. The maximum absolute atomic E-state index is 12.4. The Labute approximate surface area is 96.1 Å². The van der Waals surface area contributed by atoms with Crippen LogP contribution in [0.4, 0.5) is 17.6 Å². The zero-order valence-corrected chi connectivity index (χ0v) is 9.04. The number of rotatable bonds is 8. The minimum Gasteiger partial charge on any atom is -0.433 e. The van der Waals surface area contributed by atoms with Gasteiger partial charge in [0.05, 0.1) is 0 Å². The molecule has 0 saturated heterocycles. The summed E-state index contributed by atoms with van der Waals surface area (Å²) in [5.74, 6) is -4.85. The van der Waals surface area contributed by atoms with Gasteiger partial charge in [0.1, 0.15) is 0 Å². The third-order valence-electron chi connectivity index (χ3n) is 1.95. The maximum atomic E-state index is 12.4. The third-order valence-corrected chi connectivity index (χ3v) is 1.95. The SMILES string of the molecule is C=CC(=O)OC(O)CCCCC(F)(F)C(F)F. The lowest BCUT2D eigenvalue weighted by atomic mass is 10.1. The molecule has 0 amide bonds. The smallest absolute Gasteiger partial charge is 0.332 e. The topological polar surface area (TPSA) is 46.5 Å². The second-order valence-corrected chi connectivity index (χ2v) is 3.40. The zero-order valence-electron chi connectivity index (χ0n) is 9.04. The monoisotopic (exact) mass is 258 g/mol. The normalized spacial score (nSPS) is 13.5. The summed E-state index contributed by atoms with van der Waals surface area (Å²) in [5, 5.41) is 9.06. The average molecular weight is 258 g/mol. The summed E-state index contributed by atoms with van der Waals surface area (Å²) >= 11 is 0. The van der Waals surface area contributed by atoms with Gasteiger partial charge in [-0.05, 0) is 12.8 Å². The van der Waals surface area contributed by atoms with E-state index < -0.39 is 31.0 Å². The average Bonchev–Trinajstić information content (AvgIpc) is 2.24. The first kappa shape index (κ1) is 15.9. The number of esters is 1. The van der Waals surface area contributed by atoms with Crippen LogP contribution in [0.1, 0.15) is 25.7 Å². The lowest BCUT2D eigenvalue weighted by Crippen LogP contribution is -2.26. The molecule has 7 heteroatoms. The Kier molecular flexibility index (Phi) is 6.79. The standard InChI is InChI=1S/C10H14F4O3/c1-2-7(15)17-8(16)5-3-4-6-10(13,14)9(11)12/h2,8-9,16H,1,3-6H2. The van der Waals surface area contributed by atoms with E-state index in [1.807, 2.05) is 0 Å². The van der Waals surface area contributed by atoms with Crippen molar-refractivity contribution in [1.29, 1.82) is 0 Å². The molecule has 0 fully saturated rings. The van der Waals surface area contributed by atoms with Crippen LogP contribution in [0, 0.1) is 0 Å². The number of carbonyl (C=O) groups is 1. The molecule has 0 spiro atoms. The molecular weight excluding hydrogens is 244 g/mol. The van der Waals surface area contributed by atoms with Crippen molar-refractivity contribution in [3.05, 3.63) is 12.7 Å². The molecule has 0 heterocycles. The maximum Gasteiger partial charge on any atom is 0.332 e. The van der Waals surface area contributed by atoms with Crippen molar-refractivity contribution in [2.75, 3.05) is 0 Å². The van der Waals surface area contributed by atoms with E-state index in [-0.39, 0.29) is 19.3 Å². The summed E-state index contributed by atoms with van der Waals surface area (Å²) in [5.41, 5.74) is 0. The molecule has 17 heavy (non-hydrogen) atoms. The second-order valence-electron chi connectivity index (χ2n) is 3.40. The number of alkyl halides is 4. The molecule has 3 nitrogen and oxygen atoms in total. The summed E-state index contributed by atoms with van der Waals surface area (Å²) in [7, 11) is 0. The highest BCUT2D eigenvalue weighted by Gasteiger charge is 2.39. The van der Waals surface area contributed by atoms with Gasteiger partial charge < -0.3 is 9.84 Å². The highest BCUT2D eigenvalue weighted by Crippen LogP contribution is 2.28. The molecule has 100 valence electrons. The number of aliphatic hydroxyl groups is 1. The van der Waals surface area contributed by atoms with E-state index in [9.17, 15) is 22.4 Å². The number of halogens is 4. The Morgan fingerprint density at radius 3 is 2.47 bits per heavy atom. The van der Waals surface area contributed by atoms with Crippen LogP contribution in [0.5, 0.6) is 0 Å². The fourth-order valence-corrected chi connectivity index (χ4v) is 1.03. The fourth-order valence-electron chi connectivity index (χ4n) is 1.03. The van der Waals surface area contributed by atoms with Crippen LogP contribution in [-0.4, -0.2) is 29.7 Å². The third kappa shape index (κ3) is 6.93. The molecule has 0 saturated carbocycles. The van der Waals surface area contributed by atoms with E-state index >= 15 is 0 Å². The Bertz CT molecular complexity index is 256. The molecule has 0 bridgehead atoms. The van der Waals surface area contributed by atoms with Crippen molar-refractivity contribution >= 4 is 5.97 Å². The van der Waals surface area contributed by atoms with Gasteiger partial charge in [0.15, 0.2) is 0 Å². The molecular formula is C10H14F4O3. The summed E-state index contributed by atoms with van der Waals surface area (Å²) in [4.78, 5) is 10.6. The van der Waals surface area contributed by atoms with Crippen LogP contribution in [0.15, 0.2) is 12.7 Å². The zero-order chi connectivity index (χ0) is 13.5. The molecule has 0 aromatic carbocycles.